The molecule has 6 N–H and O–H groups in total. The molecule has 2 aromatic carbocycles. The number of nitrogens with zero attached hydrogens (tertiary/aromatic N) is 2. The largest absolute Gasteiger partial charge is 0.421 e. The molecule has 3 rings (SSSR count). The van der Waals surface area contributed by atoms with Gasteiger partial charge in [0.25, 0.3) is 5.91 Å². The van der Waals surface area contributed by atoms with Gasteiger partial charge in [-0.25, -0.2) is 13.9 Å². The van der Waals surface area contributed by atoms with E-state index in [0.717, 1.165) is 12.1 Å². The minimum atomic E-state index is -4.99. The molecule has 3 amide bonds. The average Bonchev–Trinajstić information content (AvgIpc) is 3.05. The number of carbonyl (C=O) groups excluding carboxylic acids is 2. The number of amides is 3. The van der Waals surface area contributed by atoms with Gasteiger partial charge in [-0.3, -0.25) is 4.79 Å². The Bertz CT molecular complexity index is 1240. The van der Waals surface area contributed by atoms with Gasteiger partial charge in [0.2, 0.25) is 0 Å². The van der Waals surface area contributed by atoms with E-state index in [1.807, 2.05) is 26.1 Å². The van der Waals surface area contributed by atoms with Crippen LogP contribution in [0.5, 0.6) is 0 Å². The molecule has 1 heterocycles. The third-order valence-electron chi connectivity index (χ3n) is 4.76. The molecule has 0 unspecified atom stereocenters. The third kappa shape index (κ3) is 4.95. The number of hydrogen-bond acceptors (Lipinski definition) is 4. The normalized spacial score (nSPS) is 11.9. The lowest BCUT2D eigenvalue weighted by Gasteiger charge is -2.20. The number of rotatable bonds is 4. The Labute approximate surface area is 191 Å². The van der Waals surface area contributed by atoms with Crippen molar-refractivity contribution in [1.82, 2.24) is 9.78 Å². The van der Waals surface area contributed by atoms with E-state index in [2.05, 4.69) is 10.4 Å². The number of alkyl halides is 3. The van der Waals surface area contributed by atoms with E-state index in [4.69, 9.17) is 11.5 Å². The van der Waals surface area contributed by atoms with Crippen molar-refractivity contribution in [3.63, 3.8) is 0 Å². The topological polar surface area (TPSA) is 128 Å². The number of halogens is 4. The van der Waals surface area contributed by atoms with Crippen molar-refractivity contribution in [3.8, 4) is 11.3 Å². The van der Waals surface area contributed by atoms with Crippen molar-refractivity contribution in [2.45, 2.75) is 32.5 Å². The summed E-state index contributed by atoms with van der Waals surface area (Å²) in [7, 11) is 0. The molecule has 8 nitrogen and oxygen atoms in total. The predicted molar refractivity (Wildman–Crippen MR) is 120 cm³/mol. The molecule has 0 bridgehead atoms. The quantitative estimate of drug-likeness (QED) is 0.402. The molecule has 0 radical (unpaired) electrons. The maximum atomic E-state index is 13.7. The molecule has 0 fully saturated rings. The molecule has 180 valence electrons. The highest BCUT2D eigenvalue weighted by Crippen LogP contribution is 2.37. The van der Waals surface area contributed by atoms with Crippen molar-refractivity contribution in [2.75, 3.05) is 16.4 Å². The number of aromatic nitrogens is 2. The average molecular weight is 478 g/mol. The van der Waals surface area contributed by atoms with Crippen molar-refractivity contribution in [3.05, 3.63) is 59.4 Å². The molecule has 0 aliphatic rings. The molecule has 0 saturated heterocycles. The smallest absolute Gasteiger partial charge is 0.383 e. The van der Waals surface area contributed by atoms with Gasteiger partial charge in [0, 0.05) is 11.3 Å². The molecule has 0 saturated carbocycles. The highest BCUT2D eigenvalue weighted by Gasteiger charge is 2.37. The lowest BCUT2D eigenvalue weighted by Crippen LogP contribution is -2.25. The number of anilines is 3. The Kier molecular flexibility index (Phi) is 6.27. The first-order chi connectivity index (χ1) is 15.7. The minimum absolute atomic E-state index is 0.0409. The SMILES string of the molecule is CC(C)(C)n1nc(-c2ccc(NC(=O)Nc3cccc(F)c3C(F)(F)F)cc2)c(C(N)=O)c1N. The van der Waals surface area contributed by atoms with E-state index in [1.165, 1.54) is 28.9 Å². The van der Waals surface area contributed by atoms with Gasteiger partial charge in [0.1, 0.15) is 28.5 Å². The van der Waals surface area contributed by atoms with Crippen molar-refractivity contribution < 1.29 is 27.2 Å². The summed E-state index contributed by atoms with van der Waals surface area (Å²) in [6.07, 6.45) is -4.99. The van der Waals surface area contributed by atoms with E-state index in [9.17, 15) is 27.2 Å². The van der Waals surface area contributed by atoms with E-state index >= 15 is 0 Å². The van der Waals surface area contributed by atoms with Crippen LogP contribution in [0.1, 0.15) is 36.7 Å². The number of nitrogen functional groups attached to an aromatic ring is 1. The van der Waals surface area contributed by atoms with Crippen molar-refractivity contribution in [2.24, 2.45) is 5.73 Å². The molecule has 34 heavy (non-hydrogen) atoms. The standard InChI is InChI=1S/C22H22F4N6O2/c1-21(2,3)32-18(27)15(19(28)33)17(31-32)11-7-9-12(10-8-11)29-20(34)30-14-6-4-5-13(23)16(14)22(24,25)26/h4-10H,27H2,1-3H3,(H2,28,33)(H2,29,30,34). The zero-order valence-electron chi connectivity index (χ0n) is 18.4. The first-order valence-corrected chi connectivity index (χ1v) is 9.93. The monoisotopic (exact) mass is 478 g/mol. The van der Waals surface area contributed by atoms with E-state index < -0.39 is 40.7 Å². The Morgan fingerprint density at radius 2 is 1.62 bits per heavy atom. The van der Waals surface area contributed by atoms with E-state index in [1.54, 1.807) is 0 Å². The van der Waals surface area contributed by atoms with Gasteiger partial charge in [-0.05, 0) is 45.0 Å². The van der Waals surface area contributed by atoms with Crippen LogP contribution in [0.25, 0.3) is 11.3 Å². The molecule has 0 aliphatic carbocycles. The van der Waals surface area contributed by atoms with Gasteiger partial charge >= 0.3 is 12.2 Å². The molecule has 0 atom stereocenters. The van der Waals surface area contributed by atoms with Crippen LogP contribution in [0.4, 0.5) is 39.5 Å². The summed E-state index contributed by atoms with van der Waals surface area (Å²) in [6, 6.07) is 7.58. The molecule has 1 aromatic heterocycles. The fraction of sp³-hybridized carbons (Fsp3) is 0.227. The molecule has 0 aliphatic heterocycles. The van der Waals surface area contributed by atoms with Crippen LogP contribution in [0.15, 0.2) is 42.5 Å². The Morgan fingerprint density at radius 1 is 1.00 bits per heavy atom. The fourth-order valence-corrected chi connectivity index (χ4v) is 3.30. The van der Waals surface area contributed by atoms with Crippen LogP contribution in [0, 0.1) is 5.82 Å². The van der Waals surface area contributed by atoms with Gasteiger partial charge in [-0.1, -0.05) is 18.2 Å². The summed E-state index contributed by atoms with van der Waals surface area (Å²) in [5.41, 5.74) is 9.70. The Hall–Kier alpha value is -4.09. The summed E-state index contributed by atoms with van der Waals surface area (Å²) >= 11 is 0. The minimum Gasteiger partial charge on any atom is -0.383 e. The Balaban J connectivity index is 1.84. The van der Waals surface area contributed by atoms with Crippen LogP contribution in [0.2, 0.25) is 0 Å². The fourth-order valence-electron chi connectivity index (χ4n) is 3.30. The van der Waals surface area contributed by atoms with Gasteiger partial charge in [0.05, 0.1) is 11.2 Å². The summed E-state index contributed by atoms with van der Waals surface area (Å²) in [5.74, 6) is -2.17. The summed E-state index contributed by atoms with van der Waals surface area (Å²) in [6.45, 7) is 5.54. The molecular weight excluding hydrogens is 456 g/mol. The van der Waals surface area contributed by atoms with Crippen LogP contribution in [0.3, 0.4) is 0 Å². The van der Waals surface area contributed by atoms with Crippen LogP contribution >= 0.6 is 0 Å². The molecule has 0 spiro atoms. The first-order valence-electron chi connectivity index (χ1n) is 9.93. The number of nitrogens with two attached hydrogens (primary N) is 2. The number of benzene rings is 2. The number of urea groups is 1. The van der Waals surface area contributed by atoms with Crippen LogP contribution in [-0.4, -0.2) is 21.7 Å². The molecule has 12 heteroatoms. The van der Waals surface area contributed by atoms with E-state index in [-0.39, 0.29) is 22.8 Å². The van der Waals surface area contributed by atoms with Crippen molar-refractivity contribution in [1.29, 1.82) is 0 Å². The highest BCUT2D eigenvalue weighted by atomic mass is 19.4. The van der Waals surface area contributed by atoms with Crippen LogP contribution in [-0.2, 0) is 11.7 Å². The van der Waals surface area contributed by atoms with Gasteiger partial charge < -0.3 is 22.1 Å². The zero-order valence-corrected chi connectivity index (χ0v) is 18.4. The summed E-state index contributed by atoms with van der Waals surface area (Å²) < 4.78 is 54.5. The zero-order chi connectivity index (χ0) is 25.4. The number of nitrogens with one attached hydrogen (secondary N) is 2. The maximum absolute atomic E-state index is 13.7. The van der Waals surface area contributed by atoms with E-state index in [0.29, 0.717) is 11.6 Å². The third-order valence-corrected chi connectivity index (χ3v) is 4.76. The maximum Gasteiger partial charge on any atom is 0.421 e. The lowest BCUT2D eigenvalue weighted by atomic mass is 10.1. The molecule has 3 aromatic rings. The second-order valence-corrected chi connectivity index (χ2v) is 8.37. The molecular formula is C22H22F4N6O2. The van der Waals surface area contributed by atoms with Crippen LogP contribution < -0.4 is 22.1 Å². The second-order valence-electron chi connectivity index (χ2n) is 8.37. The Morgan fingerprint density at radius 3 is 2.15 bits per heavy atom. The van der Waals surface area contributed by atoms with Crippen molar-refractivity contribution >= 4 is 29.1 Å². The highest BCUT2D eigenvalue weighted by molar-refractivity contribution is 6.04. The first kappa shape index (κ1) is 24.6. The lowest BCUT2D eigenvalue weighted by molar-refractivity contribution is -0.139. The predicted octanol–water partition coefficient (Wildman–Crippen LogP) is 4.79. The summed E-state index contributed by atoms with van der Waals surface area (Å²) in [5, 5.41) is 8.77. The van der Waals surface area contributed by atoms with Gasteiger partial charge in [-0.15, -0.1) is 0 Å². The number of hydrogen-bond donors (Lipinski definition) is 4. The number of primary amides is 1. The second kappa shape index (κ2) is 8.69. The number of carbonyl (C=O) groups is 2. The van der Waals surface area contributed by atoms with Gasteiger partial charge in [-0.2, -0.15) is 18.3 Å². The van der Waals surface area contributed by atoms with Gasteiger partial charge in [0.15, 0.2) is 0 Å². The summed E-state index contributed by atoms with van der Waals surface area (Å²) in [4.78, 5) is 24.2.